The number of nitrogens with zero attached hydrogens (tertiary/aromatic N) is 3. The van der Waals surface area contributed by atoms with Gasteiger partial charge in [-0.25, -0.2) is 14.8 Å². The van der Waals surface area contributed by atoms with Crippen molar-refractivity contribution in [2.75, 3.05) is 13.1 Å². The first kappa shape index (κ1) is 12.1. The molecule has 6 nitrogen and oxygen atoms in total. The van der Waals surface area contributed by atoms with Gasteiger partial charge in [-0.1, -0.05) is 0 Å². The van der Waals surface area contributed by atoms with E-state index in [9.17, 15) is 9.59 Å². The largest absolute Gasteiger partial charge is 0.476 e. The Bertz CT molecular complexity index is 385. The van der Waals surface area contributed by atoms with E-state index in [1.807, 2.05) is 13.8 Å². The standard InChI is InChI=1S/C10H13N3O3/c1-3-13(4-2)9(14)7-5-12-8(6-11-7)10(15)16/h5-6H,3-4H2,1-2H3,(H,15,16). The molecule has 16 heavy (non-hydrogen) atoms. The first-order valence-electron chi connectivity index (χ1n) is 4.94. The Hall–Kier alpha value is -1.98. The van der Waals surface area contributed by atoms with Crippen molar-refractivity contribution in [2.45, 2.75) is 13.8 Å². The number of carboxylic acid groups (broad SMARTS) is 1. The van der Waals surface area contributed by atoms with Crippen LogP contribution in [0.3, 0.4) is 0 Å². The summed E-state index contributed by atoms with van der Waals surface area (Å²) in [6, 6.07) is 0. The number of carboxylic acids is 1. The van der Waals surface area contributed by atoms with Gasteiger partial charge >= 0.3 is 5.97 Å². The van der Waals surface area contributed by atoms with Gasteiger partial charge in [0.25, 0.3) is 5.91 Å². The van der Waals surface area contributed by atoms with Crippen LogP contribution >= 0.6 is 0 Å². The van der Waals surface area contributed by atoms with Crippen LogP contribution in [0.5, 0.6) is 0 Å². The van der Waals surface area contributed by atoms with Crippen LogP contribution < -0.4 is 0 Å². The van der Waals surface area contributed by atoms with E-state index in [2.05, 4.69) is 9.97 Å². The van der Waals surface area contributed by atoms with Gasteiger partial charge in [0, 0.05) is 13.1 Å². The Labute approximate surface area is 92.9 Å². The second-order valence-corrected chi connectivity index (χ2v) is 3.07. The van der Waals surface area contributed by atoms with E-state index in [1.165, 1.54) is 6.20 Å². The lowest BCUT2D eigenvalue weighted by atomic mass is 10.3. The smallest absolute Gasteiger partial charge is 0.356 e. The van der Waals surface area contributed by atoms with Crippen LogP contribution in [0, 0.1) is 0 Å². The first-order valence-corrected chi connectivity index (χ1v) is 4.94. The highest BCUT2D eigenvalue weighted by Crippen LogP contribution is 2.01. The number of hydrogen-bond acceptors (Lipinski definition) is 4. The second-order valence-electron chi connectivity index (χ2n) is 3.07. The summed E-state index contributed by atoms with van der Waals surface area (Å²) < 4.78 is 0. The Balaban J connectivity index is 2.89. The molecule has 1 rings (SSSR count). The summed E-state index contributed by atoms with van der Waals surface area (Å²) in [5.41, 5.74) is -0.00945. The van der Waals surface area contributed by atoms with E-state index in [0.717, 1.165) is 6.20 Å². The molecule has 0 saturated heterocycles. The van der Waals surface area contributed by atoms with Gasteiger partial charge in [0.1, 0.15) is 5.69 Å². The molecule has 0 atom stereocenters. The molecule has 0 unspecified atom stereocenters. The third-order valence-electron chi connectivity index (χ3n) is 2.14. The van der Waals surface area contributed by atoms with Crippen LogP contribution in [0.2, 0.25) is 0 Å². The van der Waals surface area contributed by atoms with Crippen molar-refractivity contribution < 1.29 is 14.7 Å². The van der Waals surface area contributed by atoms with Crippen LogP contribution in [-0.4, -0.2) is 44.9 Å². The highest BCUT2D eigenvalue weighted by Gasteiger charge is 2.15. The van der Waals surface area contributed by atoms with Crippen molar-refractivity contribution in [3.05, 3.63) is 23.8 Å². The zero-order valence-electron chi connectivity index (χ0n) is 9.17. The van der Waals surface area contributed by atoms with Gasteiger partial charge in [-0.3, -0.25) is 4.79 Å². The lowest BCUT2D eigenvalue weighted by Crippen LogP contribution is -2.31. The lowest BCUT2D eigenvalue weighted by molar-refractivity contribution is 0.0686. The molecule has 1 aromatic heterocycles. The summed E-state index contributed by atoms with van der Waals surface area (Å²) in [7, 11) is 0. The quantitative estimate of drug-likeness (QED) is 0.810. The van der Waals surface area contributed by atoms with Crippen LogP contribution in [0.1, 0.15) is 34.8 Å². The molecule has 0 aromatic carbocycles. The molecule has 1 amide bonds. The number of hydrogen-bond donors (Lipinski definition) is 1. The maximum absolute atomic E-state index is 11.8. The number of aromatic carboxylic acids is 1. The third-order valence-corrected chi connectivity index (χ3v) is 2.14. The van der Waals surface area contributed by atoms with Gasteiger partial charge in [0.05, 0.1) is 12.4 Å². The van der Waals surface area contributed by atoms with Crippen LogP contribution in [0.25, 0.3) is 0 Å². The predicted octanol–water partition coefficient (Wildman–Crippen LogP) is 0.657. The normalized spacial score (nSPS) is 9.88. The summed E-state index contributed by atoms with van der Waals surface area (Å²) in [5.74, 6) is -1.40. The zero-order chi connectivity index (χ0) is 12.1. The van der Waals surface area contributed by atoms with Crippen LogP contribution in [-0.2, 0) is 0 Å². The van der Waals surface area contributed by atoms with E-state index >= 15 is 0 Å². The van der Waals surface area contributed by atoms with Crippen molar-refractivity contribution in [1.29, 1.82) is 0 Å². The molecular weight excluding hydrogens is 210 g/mol. The minimum atomic E-state index is -1.16. The van der Waals surface area contributed by atoms with Crippen molar-refractivity contribution >= 4 is 11.9 Å². The molecule has 0 aliphatic rings. The van der Waals surface area contributed by atoms with Crippen LogP contribution in [0.4, 0.5) is 0 Å². The summed E-state index contributed by atoms with van der Waals surface area (Å²) in [6.07, 6.45) is 2.27. The zero-order valence-corrected chi connectivity index (χ0v) is 9.17. The fourth-order valence-corrected chi connectivity index (χ4v) is 1.22. The molecule has 0 bridgehead atoms. The minimum Gasteiger partial charge on any atom is -0.476 e. The molecule has 86 valence electrons. The average molecular weight is 223 g/mol. The maximum atomic E-state index is 11.8. The molecule has 0 aliphatic carbocycles. The Kier molecular flexibility index (Phi) is 3.93. The number of amides is 1. The van der Waals surface area contributed by atoms with E-state index in [4.69, 9.17) is 5.11 Å². The van der Waals surface area contributed by atoms with E-state index in [0.29, 0.717) is 13.1 Å². The van der Waals surface area contributed by atoms with Gasteiger partial charge < -0.3 is 10.0 Å². The molecular formula is C10H13N3O3. The number of carbonyl (C=O) groups is 2. The molecule has 1 aromatic rings. The number of rotatable bonds is 4. The van der Waals surface area contributed by atoms with Crippen LogP contribution in [0.15, 0.2) is 12.4 Å². The van der Waals surface area contributed by atoms with E-state index < -0.39 is 5.97 Å². The molecule has 0 saturated carbocycles. The Morgan fingerprint density at radius 1 is 1.19 bits per heavy atom. The van der Waals surface area contributed by atoms with Gasteiger partial charge in [-0.15, -0.1) is 0 Å². The highest BCUT2D eigenvalue weighted by molar-refractivity contribution is 5.92. The van der Waals surface area contributed by atoms with Gasteiger partial charge in [-0.05, 0) is 13.8 Å². The van der Waals surface area contributed by atoms with Crippen molar-refractivity contribution in [2.24, 2.45) is 0 Å². The van der Waals surface area contributed by atoms with Crippen molar-refractivity contribution in [3.63, 3.8) is 0 Å². The molecule has 0 radical (unpaired) electrons. The third kappa shape index (κ3) is 2.53. The SMILES string of the molecule is CCN(CC)C(=O)c1cnc(C(=O)O)cn1. The van der Waals surface area contributed by atoms with Gasteiger partial charge in [0.15, 0.2) is 5.69 Å². The fourth-order valence-electron chi connectivity index (χ4n) is 1.22. The topological polar surface area (TPSA) is 83.4 Å². The Morgan fingerprint density at radius 2 is 1.69 bits per heavy atom. The first-order chi connectivity index (χ1) is 7.60. The monoisotopic (exact) mass is 223 g/mol. The predicted molar refractivity (Wildman–Crippen MR) is 56.2 cm³/mol. The molecule has 1 N–H and O–H groups in total. The lowest BCUT2D eigenvalue weighted by Gasteiger charge is -2.17. The summed E-state index contributed by atoms with van der Waals surface area (Å²) in [6.45, 7) is 4.89. The number of aromatic nitrogens is 2. The molecule has 0 aliphatic heterocycles. The minimum absolute atomic E-state index is 0.161. The van der Waals surface area contributed by atoms with Crippen molar-refractivity contribution in [3.8, 4) is 0 Å². The molecule has 0 fully saturated rings. The maximum Gasteiger partial charge on any atom is 0.356 e. The highest BCUT2D eigenvalue weighted by atomic mass is 16.4. The fraction of sp³-hybridized carbons (Fsp3) is 0.400. The Morgan fingerprint density at radius 3 is 2.06 bits per heavy atom. The molecule has 0 spiro atoms. The van der Waals surface area contributed by atoms with Crippen molar-refractivity contribution in [1.82, 2.24) is 14.9 Å². The van der Waals surface area contributed by atoms with E-state index in [1.54, 1.807) is 4.90 Å². The van der Waals surface area contributed by atoms with Gasteiger partial charge in [0.2, 0.25) is 0 Å². The second kappa shape index (κ2) is 5.20. The summed E-state index contributed by atoms with van der Waals surface area (Å²) >= 11 is 0. The summed E-state index contributed by atoms with van der Waals surface area (Å²) in [5, 5.41) is 8.62. The molecule has 1 heterocycles. The molecule has 6 heteroatoms. The van der Waals surface area contributed by atoms with Gasteiger partial charge in [-0.2, -0.15) is 0 Å². The van der Waals surface area contributed by atoms with E-state index in [-0.39, 0.29) is 17.3 Å². The number of carbonyl (C=O) groups excluding carboxylic acids is 1. The average Bonchev–Trinajstić information content (AvgIpc) is 2.30. The summed E-state index contributed by atoms with van der Waals surface area (Å²) in [4.78, 5) is 31.3.